The van der Waals surface area contributed by atoms with Gasteiger partial charge < -0.3 is 19.7 Å². The highest BCUT2D eigenvalue weighted by molar-refractivity contribution is 7.89. The van der Waals surface area contributed by atoms with Gasteiger partial charge in [-0.15, -0.1) is 41.6 Å². The van der Waals surface area contributed by atoms with E-state index in [4.69, 9.17) is 0 Å². The number of alkyl halides is 6. The minimum atomic E-state index is -5.00. The predicted octanol–water partition coefficient (Wildman–Crippen LogP) is 2.85. The quantitative estimate of drug-likeness (QED) is 0.273. The molecule has 4 aromatic rings. The van der Waals surface area contributed by atoms with Gasteiger partial charge in [0.15, 0.2) is 0 Å². The van der Waals surface area contributed by atoms with Crippen LogP contribution >= 0.6 is 11.3 Å². The number of hydrogen-bond donors (Lipinski definition) is 1. The van der Waals surface area contributed by atoms with Crippen LogP contribution in [0.5, 0.6) is 11.5 Å². The first-order valence-electron chi connectivity index (χ1n) is 13.0. The van der Waals surface area contributed by atoms with Gasteiger partial charge in [0.05, 0.1) is 4.90 Å². The number of halogens is 6. The molecule has 1 amide bonds. The van der Waals surface area contributed by atoms with Gasteiger partial charge in [0, 0.05) is 26.2 Å². The van der Waals surface area contributed by atoms with Crippen molar-refractivity contribution in [1.82, 2.24) is 29.4 Å². The fourth-order valence-electron chi connectivity index (χ4n) is 4.42. The molecule has 1 atom stereocenters. The van der Waals surface area contributed by atoms with Crippen LogP contribution in [-0.4, -0.2) is 76.8 Å². The molecule has 1 aliphatic rings. The minimum Gasteiger partial charge on any atom is -0.406 e. The fraction of sp³-hybridized carbons (Fsp3) is 0.320. The Kier molecular flexibility index (Phi) is 8.84. The van der Waals surface area contributed by atoms with Crippen LogP contribution in [0.1, 0.15) is 11.3 Å². The summed E-state index contributed by atoms with van der Waals surface area (Å²) < 4.78 is 112. The van der Waals surface area contributed by atoms with E-state index in [-0.39, 0.29) is 42.0 Å². The van der Waals surface area contributed by atoms with Gasteiger partial charge in [0.2, 0.25) is 26.0 Å². The molecule has 5 rings (SSSR count). The second kappa shape index (κ2) is 12.4. The molecule has 0 aliphatic carbocycles. The molecule has 46 heavy (non-hydrogen) atoms. The number of aromatic nitrogens is 4. The van der Waals surface area contributed by atoms with Gasteiger partial charge in [-0.1, -0.05) is 23.5 Å². The molecular weight excluding hydrogens is 672 g/mol. The summed E-state index contributed by atoms with van der Waals surface area (Å²) in [5, 5.41) is 14.8. The van der Waals surface area contributed by atoms with E-state index in [1.807, 2.05) is 0 Å². The molecule has 0 unspecified atom stereocenters. The van der Waals surface area contributed by atoms with E-state index < -0.39 is 56.7 Å². The van der Waals surface area contributed by atoms with Gasteiger partial charge in [-0.2, -0.15) is 8.82 Å². The van der Waals surface area contributed by atoms with Crippen molar-refractivity contribution in [3.8, 4) is 11.5 Å². The third-order valence-corrected chi connectivity index (χ3v) is 9.41. The summed E-state index contributed by atoms with van der Waals surface area (Å²) in [6.45, 7) is 0.702. The lowest BCUT2D eigenvalue weighted by molar-refractivity contribution is -0.275. The summed E-state index contributed by atoms with van der Waals surface area (Å²) >= 11 is 0.974. The van der Waals surface area contributed by atoms with Crippen LogP contribution in [-0.2, 0) is 21.4 Å². The van der Waals surface area contributed by atoms with Crippen LogP contribution in [0, 0.1) is 6.92 Å². The maximum atomic E-state index is 13.7. The SMILES string of the molecule is Cc1nnc2sc(N3CCN(S(=O)(=O)c4ccc(OC(F)(F)F)cc4)[C@@H](C(=O)NCc4ccc(OC(F)(F)F)cc4)C3)nn2c1=O. The van der Waals surface area contributed by atoms with Gasteiger partial charge in [0.25, 0.3) is 5.56 Å². The smallest absolute Gasteiger partial charge is 0.406 e. The number of amides is 1. The van der Waals surface area contributed by atoms with Crippen molar-refractivity contribution in [3.63, 3.8) is 0 Å². The number of carbonyl (C=O) groups excluding carboxylic acids is 1. The zero-order chi connectivity index (χ0) is 33.4. The Balaban J connectivity index is 1.40. The number of aryl methyl sites for hydroxylation is 1. The Morgan fingerprint density at radius 1 is 0.957 bits per heavy atom. The van der Waals surface area contributed by atoms with Gasteiger partial charge in [0.1, 0.15) is 23.2 Å². The van der Waals surface area contributed by atoms with Crippen LogP contribution in [0.4, 0.5) is 31.5 Å². The maximum absolute atomic E-state index is 13.7. The molecule has 3 heterocycles. The molecule has 1 N–H and O–H groups in total. The van der Waals surface area contributed by atoms with Gasteiger partial charge in [-0.25, -0.2) is 8.42 Å². The number of sulfonamides is 1. The Hall–Kier alpha value is -4.50. The van der Waals surface area contributed by atoms with Crippen LogP contribution in [0.2, 0.25) is 0 Å². The number of nitrogens with one attached hydrogen (secondary N) is 1. The van der Waals surface area contributed by atoms with Crippen LogP contribution in [0.3, 0.4) is 0 Å². The zero-order valence-electron chi connectivity index (χ0n) is 23.2. The number of anilines is 1. The van der Waals surface area contributed by atoms with E-state index in [9.17, 15) is 44.3 Å². The van der Waals surface area contributed by atoms with Gasteiger partial charge >= 0.3 is 12.7 Å². The third kappa shape index (κ3) is 7.48. The first-order valence-corrected chi connectivity index (χ1v) is 15.2. The summed E-state index contributed by atoms with van der Waals surface area (Å²) in [4.78, 5) is 27.3. The van der Waals surface area contributed by atoms with E-state index in [2.05, 4.69) is 30.1 Å². The van der Waals surface area contributed by atoms with Crippen molar-refractivity contribution in [2.45, 2.75) is 37.1 Å². The molecule has 0 radical (unpaired) electrons. The molecule has 2 aromatic heterocycles. The summed E-state index contributed by atoms with van der Waals surface area (Å²) in [5.74, 6) is -1.93. The molecule has 21 heteroatoms. The fourth-order valence-corrected chi connectivity index (χ4v) is 6.86. The number of ether oxygens (including phenoxy) is 2. The molecule has 1 saturated heterocycles. The maximum Gasteiger partial charge on any atom is 0.573 e. The first-order chi connectivity index (χ1) is 21.5. The average Bonchev–Trinajstić information content (AvgIpc) is 3.42. The van der Waals surface area contributed by atoms with Crippen molar-refractivity contribution in [3.05, 3.63) is 70.1 Å². The Labute approximate surface area is 259 Å². The number of carbonyl (C=O) groups is 1. The molecule has 1 aliphatic heterocycles. The van der Waals surface area contributed by atoms with Crippen LogP contribution < -0.4 is 25.2 Å². The lowest BCUT2D eigenvalue weighted by Crippen LogP contribution is -2.60. The molecule has 0 bridgehead atoms. The van der Waals surface area contributed by atoms with Gasteiger partial charge in [-0.05, 0) is 48.9 Å². The topological polar surface area (TPSA) is 148 Å². The van der Waals surface area contributed by atoms with Crippen molar-refractivity contribution < 1.29 is 49.0 Å². The summed E-state index contributed by atoms with van der Waals surface area (Å²) in [7, 11) is -4.47. The number of nitrogens with zero attached hydrogens (tertiary/aromatic N) is 6. The molecule has 1 fully saturated rings. The molecule has 0 saturated carbocycles. The lowest BCUT2D eigenvalue weighted by Gasteiger charge is -2.39. The summed E-state index contributed by atoms with van der Waals surface area (Å²) in [6.07, 6.45) is -9.90. The van der Waals surface area contributed by atoms with Gasteiger partial charge in [-0.3, -0.25) is 9.59 Å². The number of rotatable bonds is 8. The highest BCUT2D eigenvalue weighted by Crippen LogP contribution is 2.30. The molecule has 13 nitrogen and oxygen atoms in total. The number of benzene rings is 2. The standard InChI is InChI=1S/C25H21F6N7O6S2/c1-14-21(40)38-22(34-33-14)45-23(35-38)36-10-11-37(46(41,42)18-8-6-17(7-9-18)44-25(29,30)31)19(13-36)20(39)32-12-15-2-4-16(5-3-15)43-24(26,27)28/h2-9,19H,10-13H2,1H3,(H,32,39)/t19-/m1/s1. The van der Waals surface area contributed by atoms with E-state index >= 15 is 0 Å². The second-order valence-electron chi connectivity index (χ2n) is 9.68. The lowest BCUT2D eigenvalue weighted by atomic mass is 10.2. The molecule has 2 aromatic carbocycles. The highest BCUT2D eigenvalue weighted by Gasteiger charge is 2.41. The first kappa shape index (κ1) is 32.9. The predicted molar refractivity (Wildman–Crippen MR) is 148 cm³/mol. The number of hydrogen-bond acceptors (Lipinski definition) is 11. The van der Waals surface area contributed by atoms with E-state index in [1.54, 1.807) is 4.90 Å². The second-order valence-corrected chi connectivity index (χ2v) is 12.5. The summed E-state index contributed by atoms with van der Waals surface area (Å²) in [6, 6.07) is 6.66. The van der Waals surface area contributed by atoms with Crippen LogP contribution in [0.25, 0.3) is 4.96 Å². The highest BCUT2D eigenvalue weighted by atomic mass is 32.2. The van der Waals surface area contributed by atoms with Crippen molar-refractivity contribution in [2.75, 3.05) is 24.5 Å². The van der Waals surface area contributed by atoms with Crippen molar-refractivity contribution in [1.29, 1.82) is 0 Å². The molecule has 246 valence electrons. The Bertz CT molecular complexity index is 1900. The monoisotopic (exact) mass is 693 g/mol. The Morgan fingerprint density at radius 2 is 1.54 bits per heavy atom. The van der Waals surface area contributed by atoms with Crippen molar-refractivity contribution in [2.24, 2.45) is 0 Å². The largest absolute Gasteiger partial charge is 0.573 e. The van der Waals surface area contributed by atoms with E-state index in [0.29, 0.717) is 5.56 Å². The van der Waals surface area contributed by atoms with Crippen LogP contribution in [0.15, 0.2) is 58.2 Å². The number of piperazine rings is 1. The van der Waals surface area contributed by atoms with Crippen molar-refractivity contribution >= 4 is 37.4 Å². The molecule has 0 spiro atoms. The van der Waals surface area contributed by atoms with E-state index in [0.717, 1.165) is 56.6 Å². The average molecular weight is 694 g/mol. The van der Waals surface area contributed by atoms with E-state index in [1.165, 1.54) is 19.1 Å². The number of fused-ring (bicyclic) bond motifs is 1. The normalized spacial score (nSPS) is 16.4. The Morgan fingerprint density at radius 3 is 2.13 bits per heavy atom. The summed E-state index contributed by atoms with van der Waals surface area (Å²) in [5.41, 5.74) is -0.0653. The molecular formula is C25H21F6N7O6S2. The third-order valence-electron chi connectivity index (χ3n) is 6.53. The zero-order valence-corrected chi connectivity index (χ0v) is 24.9. The minimum absolute atomic E-state index is 0.0000704.